The first-order chi connectivity index (χ1) is 16.2. The number of hydrogen-bond donors (Lipinski definition) is 4. The van der Waals surface area contributed by atoms with E-state index < -0.39 is 0 Å². The van der Waals surface area contributed by atoms with E-state index in [0.29, 0.717) is 12.8 Å². The van der Waals surface area contributed by atoms with Crippen LogP contribution in [0.15, 0.2) is 60.7 Å². The van der Waals surface area contributed by atoms with Crippen LogP contribution in [0.4, 0.5) is 0 Å². The lowest BCUT2D eigenvalue weighted by atomic mass is 9.85. The minimum atomic E-state index is 0.214. The summed E-state index contributed by atoms with van der Waals surface area (Å²) in [7, 11) is 0. The maximum atomic E-state index is 10.9. The highest BCUT2D eigenvalue weighted by Gasteiger charge is 2.20. The molecule has 174 valence electrons. The van der Waals surface area contributed by atoms with Gasteiger partial charge in [-0.25, -0.2) is 0 Å². The fourth-order valence-corrected chi connectivity index (χ4v) is 4.57. The van der Waals surface area contributed by atoms with Gasteiger partial charge in [0.2, 0.25) is 0 Å². The van der Waals surface area contributed by atoms with Gasteiger partial charge in [-0.3, -0.25) is 0 Å². The van der Waals surface area contributed by atoms with E-state index in [2.05, 4.69) is 0 Å². The van der Waals surface area contributed by atoms with Crippen molar-refractivity contribution in [2.24, 2.45) is 0 Å². The third-order valence-electron chi connectivity index (χ3n) is 6.68. The molecule has 0 aliphatic rings. The van der Waals surface area contributed by atoms with Crippen LogP contribution in [0.5, 0.6) is 23.0 Å². The molecule has 4 aromatic rings. The Morgan fingerprint density at radius 2 is 0.824 bits per heavy atom. The highest BCUT2D eigenvalue weighted by atomic mass is 16.3. The van der Waals surface area contributed by atoms with Gasteiger partial charge >= 0.3 is 0 Å². The predicted octanol–water partition coefficient (Wildman–Crippen LogP) is 6.59. The van der Waals surface area contributed by atoms with Crippen molar-refractivity contribution in [3.63, 3.8) is 0 Å². The van der Waals surface area contributed by atoms with Crippen molar-refractivity contribution in [3.8, 4) is 34.1 Å². The van der Waals surface area contributed by atoms with E-state index >= 15 is 0 Å². The van der Waals surface area contributed by atoms with Crippen LogP contribution >= 0.6 is 0 Å². The minimum Gasteiger partial charge on any atom is -0.508 e. The maximum absolute atomic E-state index is 10.9. The summed E-state index contributed by atoms with van der Waals surface area (Å²) < 4.78 is 0. The van der Waals surface area contributed by atoms with Crippen LogP contribution in [0.1, 0.15) is 44.5 Å². The molecule has 34 heavy (non-hydrogen) atoms. The molecule has 4 aromatic carbocycles. The molecule has 0 heterocycles. The molecule has 0 fully saturated rings. The van der Waals surface area contributed by atoms with Crippen molar-refractivity contribution in [2.45, 2.75) is 40.5 Å². The Kier molecular flexibility index (Phi) is 6.25. The second-order valence-electron chi connectivity index (χ2n) is 9.07. The molecule has 4 nitrogen and oxygen atoms in total. The van der Waals surface area contributed by atoms with Gasteiger partial charge in [-0.2, -0.15) is 0 Å². The topological polar surface area (TPSA) is 80.9 Å². The summed E-state index contributed by atoms with van der Waals surface area (Å²) in [6.45, 7) is 7.84. The lowest BCUT2D eigenvalue weighted by molar-refractivity contribution is 0.463. The zero-order valence-corrected chi connectivity index (χ0v) is 20.0. The molecular weight excluding hydrogens is 424 g/mol. The Labute approximate surface area is 200 Å². The fraction of sp³-hybridized carbons (Fsp3) is 0.200. The fourth-order valence-electron chi connectivity index (χ4n) is 4.57. The van der Waals surface area contributed by atoms with E-state index in [1.54, 1.807) is 24.3 Å². The van der Waals surface area contributed by atoms with Gasteiger partial charge in [-0.1, -0.05) is 24.3 Å². The Morgan fingerprint density at radius 1 is 0.500 bits per heavy atom. The molecule has 0 aliphatic carbocycles. The molecule has 0 saturated carbocycles. The van der Waals surface area contributed by atoms with E-state index in [1.165, 1.54) is 0 Å². The summed E-state index contributed by atoms with van der Waals surface area (Å²) in [6, 6.07) is 18.1. The van der Waals surface area contributed by atoms with Crippen molar-refractivity contribution in [1.29, 1.82) is 0 Å². The van der Waals surface area contributed by atoms with Crippen molar-refractivity contribution in [1.82, 2.24) is 0 Å². The second-order valence-corrected chi connectivity index (χ2v) is 9.07. The number of phenolic OH excluding ortho intramolecular Hbond substituents is 4. The zero-order chi connectivity index (χ0) is 24.6. The molecule has 0 amide bonds. The van der Waals surface area contributed by atoms with Gasteiger partial charge in [-0.15, -0.1) is 0 Å². The largest absolute Gasteiger partial charge is 0.508 e. The number of phenols is 4. The summed E-state index contributed by atoms with van der Waals surface area (Å²) >= 11 is 0. The van der Waals surface area contributed by atoms with Gasteiger partial charge in [-0.05, 0) is 109 Å². The lowest BCUT2D eigenvalue weighted by Crippen LogP contribution is -2.01. The van der Waals surface area contributed by atoms with Crippen molar-refractivity contribution >= 4 is 0 Å². The first-order valence-corrected chi connectivity index (χ1v) is 11.4. The predicted molar refractivity (Wildman–Crippen MR) is 136 cm³/mol. The monoisotopic (exact) mass is 454 g/mol. The summed E-state index contributed by atoms with van der Waals surface area (Å²) in [6.07, 6.45) is 1.09. The van der Waals surface area contributed by atoms with E-state index in [0.717, 1.165) is 55.6 Å². The normalized spacial score (nSPS) is 11.1. The molecule has 0 atom stereocenters. The molecule has 0 radical (unpaired) electrons. The van der Waals surface area contributed by atoms with Gasteiger partial charge in [0.15, 0.2) is 0 Å². The summed E-state index contributed by atoms with van der Waals surface area (Å²) in [5.74, 6) is 0.996. The summed E-state index contributed by atoms with van der Waals surface area (Å²) in [4.78, 5) is 0. The van der Waals surface area contributed by atoms with Crippen LogP contribution < -0.4 is 0 Å². The van der Waals surface area contributed by atoms with Gasteiger partial charge in [0.25, 0.3) is 0 Å². The molecular formula is C30H30O4. The average molecular weight is 455 g/mol. The number of aryl methyl sites for hydroxylation is 2. The number of benzene rings is 4. The molecule has 0 spiro atoms. The highest BCUT2D eigenvalue weighted by molar-refractivity contribution is 5.77. The van der Waals surface area contributed by atoms with Crippen LogP contribution in [0.3, 0.4) is 0 Å². The average Bonchev–Trinajstić information content (AvgIpc) is 2.82. The molecule has 0 saturated heterocycles. The van der Waals surface area contributed by atoms with Crippen LogP contribution in [0.2, 0.25) is 0 Å². The van der Waals surface area contributed by atoms with Gasteiger partial charge < -0.3 is 20.4 Å². The molecule has 4 rings (SSSR count). The van der Waals surface area contributed by atoms with E-state index in [-0.39, 0.29) is 23.0 Å². The first-order valence-electron chi connectivity index (χ1n) is 11.4. The molecule has 0 aliphatic heterocycles. The number of rotatable bonds is 5. The van der Waals surface area contributed by atoms with Crippen molar-refractivity contribution < 1.29 is 20.4 Å². The third kappa shape index (κ3) is 4.44. The Hall–Kier alpha value is -3.92. The molecule has 0 unspecified atom stereocenters. The smallest absolute Gasteiger partial charge is 0.122 e. The van der Waals surface area contributed by atoms with Crippen LogP contribution in [-0.2, 0) is 12.8 Å². The molecule has 4 N–H and O–H groups in total. The summed E-state index contributed by atoms with van der Waals surface area (Å²) in [5.41, 5.74) is 9.31. The van der Waals surface area contributed by atoms with Gasteiger partial charge in [0, 0.05) is 24.0 Å². The van der Waals surface area contributed by atoms with E-state index in [4.69, 9.17) is 0 Å². The quantitative estimate of drug-likeness (QED) is 0.274. The van der Waals surface area contributed by atoms with Gasteiger partial charge in [0.1, 0.15) is 23.0 Å². The summed E-state index contributed by atoms with van der Waals surface area (Å²) in [5, 5.41) is 41.0. The van der Waals surface area contributed by atoms with Crippen LogP contribution in [0, 0.1) is 27.7 Å². The first kappa shape index (κ1) is 23.2. The molecule has 0 bridgehead atoms. The Bertz CT molecular complexity index is 1240. The van der Waals surface area contributed by atoms with Crippen molar-refractivity contribution in [3.05, 3.63) is 105 Å². The van der Waals surface area contributed by atoms with E-state index in [1.807, 2.05) is 64.1 Å². The zero-order valence-electron chi connectivity index (χ0n) is 20.0. The van der Waals surface area contributed by atoms with Gasteiger partial charge in [0.05, 0.1) is 0 Å². The van der Waals surface area contributed by atoms with Crippen LogP contribution in [-0.4, -0.2) is 20.4 Å². The number of hydrogen-bond acceptors (Lipinski definition) is 4. The lowest BCUT2D eigenvalue weighted by Gasteiger charge is -2.21. The number of aromatic hydroxyl groups is 4. The molecule has 4 heteroatoms. The van der Waals surface area contributed by atoms with Crippen molar-refractivity contribution in [2.75, 3.05) is 0 Å². The Morgan fingerprint density at radius 3 is 1.15 bits per heavy atom. The van der Waals surface area contributed by atoms with Crippen LogP contribution in [0.25, 0.3) is 11.1 Å². The third-order valence-corrected chi connectivity index (χ3v) is 6.68. The highest BCUT2D eigenvalue weighted by Crippen LogP contribution is 2.41. The minimum absolute atomic E-state index is 0.214. The Balaban J connectivity index is 1.84. The maximum Gasteiger partial charge on any atom is 0.122 e. The van der Waals surface area contributed by atoms with E-state index in [9.17, 15) is 20.4 Å². The molecule has 0 aromatic heterocycles. The second kappa shape index (κ2) is 9.14. The standard InChI is InChI=1S/C30H30O4/c1-17-13-25(19(3)27(29(17)33)15-21-5-9-23(31)10-6-21)26-14-18(2)30(34)28(20(26)4)16-22-7-11-24(32)12-8-22/h5-14,31-34H,15-16H2,1-4H3. The SMILES string of the molecule is Cc1cc(-c2cc(C)c(O)c(Cc3ccc(O)cc3)c2C)c(C)c(Cc2ccc(O)cc2)c1O.